The van der Waals surface area contributed by atoms with Gasteiger partial charge in [-0.2, -0.15) is 0 Å². The van der Waals surface area contributed by atoms with Gasteiger partial charge in [0.1, 0.15) is 0 Å². The summed E-state index contributed by atoms with van der Waals surface area (Å²) < 4.78 is 0. The number of aliphatic hydroxyl groups excluding tert-OH is 1. The average Bonchev–Trinajstić information content (AvgIpc) is 3.13. The average molecular weight is 346 g/mol. The van der Waals surface area contributed by atoms with Crippen LogP contribution in [-0.2, 0) is 0 Å². The van der Waals surface area contributed by atoms with Crippen molar-refractivity contribution in [2.45, 2.75) is 26.4 Å². The quantitative estimate of drug-likeness (QED) is 0.721. The molecule has 2 rings (SSSR count). The summed E-state index contributed by atoms with van der Waals surface area (Å²) in [5, 5.41) is 17.3. The van der Waals surface area contributed by atoms with E-state index in [-0.39, 0.29) is 24.3 Å². The summed E-state index contributed by atoms with van der Waals surface area (Å²) in [5.74, 6) is -0.455. The molecule has 5 nitrogen and oxygen atoms in total. The third-order valence-corrected chi connectivity index (χ3v) is 4.81. The molecule has 1 aromatic heterocycles. The van der Waals surface area contributed by atoms with Gasteiger partial charge in [-0.25, -0.2) is 0 Å². The second kappa shape index (κ2) is 8.61. The van der Waals surface area contributed by atoms with Crippen molar-refractivity contribution in [2.24, 2.45) is 5.92 Å². The molecule has 24 heavy (non-hydrogen) atoms. The van der Waals surface area contributed by atoms with Gasteiger partial charge in [0.25, 0.3) is 11.8 Å². The van der Waals surface area contributed by atoms with Crippen molar-refractivity contribution in [1.82, 2.24) is 5.32 Å². The maximum absolute atomic E-state index is 12.4. The summed E-state index contributed by atoms with van der Waals surface area (Å²) >= 11 is 1.34. The molecular weight excluding hydrogens is 324 g/mol. The molecule has 2 amide bonds. The van der Waals surface area contributed by atoms with E-state index in [2.05, 4.69) is 10.6 Å². The van der Waals surface area contributed by atoms with E-state index in [4.69, 9.17) is 0 Å². The molecule has 0 bridgehead atoms. The number of carbonyl (C=O) groups excluding carboxylic acids is 2. The van der Waals surface area contributed by atoms with Crippen LogP contribution in [0.5, 0.6) is 0 Å². The largest absolute Gasteiger partial charge is 0.391 e. The van der Waals surface area contributed by atoms with Gasteiger partial charge in [-0.15, -0.1) is 11.3 Å². The van der Waals surface area contributed by atoms with Gasteiger partial charge in [0.2, 0.25) is 0 Å². The third kappa shape index (κ3) is 4.66. The number of amides is 2. The second-order valence-electron chi connectivity index (χ2n) is 5.64. The highest BCUT2D eigenvalue weighted by Gasteiger charge is 2.17. The third-order valence-electron chi connectivity index (χ3n) is 3.94. The van der Waals surface area contributed by atoms with Gasteiger partial charge >= 0.3 is 0 Å². The van der Waals surface area contributed by atoms with Crippen LogP contribution in [-0.4, -0.2) is 29.6 Å². The summed E-state index contributed by atoms with van der Waals surface area (Å²) in [7, 11) is 0. The number of benzene rings is 1. The molecule has 0 saturated carbocycles. The van der Waals surface area contributed by atoms with Crippen molar-refractivity contribution in [3.63, 3.8) is 0 Å². The molecule has 0 aliphatic heterocycles. The zero-order valence-electron chi connectivity index (χ0n) is 13.8. The summed E-state index contributed by atoms with van der Waals surface area (Å²) in [6.07, 6.45) is 0.247. The van der Waals surface area contributed by atoms with E-state index in [0.29, 0.717) is 16.1 Å². The first kappa shape index (κ1) is 18.2. The predicted molar refractivity (Wildman–Crippen MR) is 96.5 cm³/mol. The van der Waals surface area contributed by atoms with Crippen molar-refractivity contribution in [2.75, 3.05) is 11.9 Å². The first-order valence-electron chi connectivity index (χ1n) is 7.93. The highest BCUT2D eigenvalue weighted by Crippen LogP contribution is 2.18. The molecule has 0 radical (unpaired) electrons. The van der Waals surface area contributed by atoms with Gasteiger partial charge < -0.3 is 15.7 Å². The molecule has 6 heteroatoms. The molecule has 0 aliphatic carbocycles. The summed E-state index contributed by atoms with van der Waals surface area (Å²) in [6.45, 7) is 4.11. The van der Waals surface area contributed by atoms with E-state index in [1.54, 1.807) is 36.4 Å². The lowest BCUT2D eigenvalue weighted by Gasteiger charge is -2.18. The topological polar surface area (TPSA) is 78.4 Å². The Labute approximate surface area is 145 Å². The molecule has 3 N–H and O–H groups in total. The number of nitrogens with one attached hydrogen (secondary N) is 2. The molecular formula is C18H22N2O3S. The minimum atomic E-state index is -0.591. The minimum absolute atomic E-state index is 0.110. The fraction of sp³-hybridized carbons (Fsp3) is 0.333. The molecule has 2 atom stereocenters. The van der Waals surface area contributed by atoms with Gasteiger partial charge in [0, 0.05) is 6.54 Å². The molecule has 0 fully saturated rings. The fourth-order valence-electron chi connectivity index (χ4n) is 2.15. The lowest BCUT2D eigenvalue weighted by molar-refractivity contribution is 0.0851. The molecule has 2 aromatic rings. The van der Waals surface area contributed by atoms with Gasteiger partial charge in [0.15, 0.2) is 0 Å². The summed E-state index contributed by atoms with van der Waals surface area (Å²) in [6, 6.07) is 10.4. The van der Waals surface area contributed by atoms with Crippen molar-refractivity contribution < 1.29 is 14.7 Å². The highest BCUT2D eigenvalue weighted by molar-refractivity contribution is 7.12. The molecule has 0 spiro atoms. The maximum atomic E-state index is 12.4. The van der Waals surface area contributed by atoms with Crippen molar-refractivity contribution >= 4 is 28.8 Å². The highest BCUT2D eigenvalue weighted by atomic mass is 32.1. The van der Waals surface area contributed by atoms with Crippen LogP contribution in [0.25, 0.3) is 0 Å². The second-order valence-corrected chi connectivity index (χ2v) is 6.59. The Kier molecular flexibility index (Phi) is 6.52. The monoisotopic (exact) mass is 346 g/mol. The number of anilines is 1. The van der Waals surface area contributed by atoms with Gasteiger partial charge in [-0.3, -0.25) is 9.59 Å². The van der Waals surface area contributed by atoms with Crippen LogP contribution >= 0.6 is 11.3 Å². The molecule has 2 unspecified atom stereocenters. The Bertz CT molecular complexity index is 685. The van der Waals surface area contributed by atoms with Crippen LogP contribution in [0.1, 0.15) is 40.3 Å². The Morgan fingerprint density at radius 1 is 1.17 bits per heavy atom. The number of hydrogen-bond acceptors (Lipinski definition) is 4. The molecule has 128 valence electrons. The number of aliphatic hydroxyl groups is 1. The first-order chi connectivity index (χ1) is 11.5. The predicted octanol–water partition coefficient (Wildman–Crippen LogP) is 3.14. The van der Waals surface area contributed by atoms with E-state index in [9.17, 15) is 14.7 Å². The Morgan fingerprint density at radius 2 is 1.92 bits per heavy atom. The van der Waals surface area contributed by atoms with Crippen LogP contribution in [0, 0.1) is 5.92 Å². The first-order valence-corrected chi connectivity index (χ1v) is 8.81. The normalized spacial score (nSPS) is 13.1. The zero-order valence-corrected chi connectivity index (χ0v) is 14.6. The number of para-hydroxylation sites is 1. The Hall–Kier alpha value is -2.18. The van der Waals surface area contributed by atoms with Crippen LogP contribution in [0.4, 0.5) is 5.69 Å². The lowest BCUT2D eigenvalue weighted by Crippen LogP contribution is -2.35. The number of thiophene rings is 1. The molecule has 0 saturated heterocycles. The fourth-order valence-corrected chi connectivity index (χ4v) is 2.77. The van der Waals surface area contributed by atoms with Crippen LogP contribution in [0.15, 0.2) is 41.8 Å². The van der Waals surface area contributed by atoms with E-state index in [1.807, 2.05) is 19.2 Å². The molecule has 1 heterocycles. The number of hydrogen-bond donors (Lipinski definition) is 3. The zero-order chi connectivity index (χ0) is 17.5. The van der Waals surface area contributed by atoms with E-state index < -0.39 is 6.10 Å². The smallest absolute Gasteiger partial charge is 0.265 e. The maximum Gasteiger partial charge on any atom is 0.265 e. The molecule has 0 aliphatic rings. The Balaban J connectivity index is 2.05. The van der Waals surface area contributed by atoms with E-state index in [1.165, 1.54) is 11.3 Å². The van der Waals surface area contributed by atoms with E-state index in [0.717, 1.165) is 6.42 Å². The van der Waals surface area contributed by atoms with Crippen molar-refractivity contribution in [3.8, 4) is 0 Å². The van der Waals surface area contributed by atoms with Crippen molar-refractivity contribution in [3.05, 3.63) is 52.2 Å². The van der Waals surface area contributed by atoms with Crippen LogP contribution in [0.2, 0.25) is 0 Å². The minimum Gasteiger partial charge on any atom is -0.391 e. The van der Waals surface area contributed by atoms with Gasteiger partial charge in [-0.05, 0) is 29.5 Å². The lowest BCUT2D eigenvalue weighted by atomic mass is 10.0. The van der Waals surface area contributed by atoms with Gasteiger partial charge in [0.05, 0.1) is 22.2 Å². The summed E-state index contributed by atoms with van der Waals surface area (Å²) in [4.78, 5) is 25.1. The van der Waals surface area contributed by atoms with Gasteiger partial charge in [-0.1, -0.05) is 38.5 Å². The summed E-state index contributed by atoms with van der Waals surface area (Å²) in [5.41, 5.74) is 0.824. The number of rotatable bonds is 7. The van der Waals surface area contributed by atoms with Crippen LogP contribution < -0.4 is 10.6 Å². The van der Waals surface area contributed by atoms with Crippen LogP contribution in [0.3, 0.4) is 0 Å². The number of carbonyl (C=O) groups is 2. The SMILES string of the molecule is CCC(C)C(O)CNC(=O)c1ccccc1NC(=O)c1cccs1. The molecule has 1 aromatic carbocycles. The Morgan fingerprint density at radius 3 is 2.58 bits per heavy atom. The van der Waals surface area contributed by atoms with Crippen molar-refractivity contribution in [1.29, 1.82) is 0 Å². The standard InChI is InChI=1S/C18H22N2O3S/c1-3-12(2)15(21)11-19-17(22)13-7-4-5-8-14(13)20-18(23)16-9-6-10-24-16/h4-10,12,15,21H,3,11H2,1-2H3,(H,19,22)(H,20,23). The van der Waals surface area contributed by atoms with E-state index >= 15 is 0 Å².